The second-order valence-electron chi connectivity index (χ2n) is 6.24. The van der Waals surface area contributed by atoms with Crippen molar-refractivity contribution < 1.29 is 23.5 Å². The van der Waals surface area contributed by atoms with E-state index >= 15 is 0 Å². The van der Waals surface area contributed by atoms with Crippen LogP contribution in [0.1, 0.15) is 28.6 Å². The third-order valence-electron chi connectivity index (χ3n) is 4.14. The monoisotopic (exact) mass is 367 g/mol. The molecule has 0 aliphatic carbocycles. The summed E-state index contributed by atoms with van der Waals surface area (Å²) in [6.07, 6.45) is -0.984. The topological polar surface area (TPSA) is 77.8 Å². The number of hydrogen-bond acceptors (Lipinski definition) is 5. The molecular formula is C21H21NO5. The smallest absolute Gasteiger partial charge is 0.375 e. The highest BCUT2D eigenvalue weighted by Gasteiger charge is 2.25. The number of rotatable bonds is 6. The summed E-state index contributed by atoms with van der Waals surface area (Å²) in [6, 6.07) is 14.6. The number of anilines is 1. The third-order valence-corrected chi connectivity index (χ3v) is 4.14. The third kappa shape index (κ3) is 4.17. The summed E-state index contributed by atoms with van der Waals surface area (Å²) in [5.74, 6) is -1.07. The van der Waals surface area contributed by atoms with Gasteiger partial charge < -0.3 is 19.2 Å². The Labute approximate surface area is 157 Å². The van der Waals surface area contributed by atoms with Crippen LogP contribution in [-0.4, -0.2) is 25.1 Å². The van der Waals surface area contributed by atoms with E-state index in [1.54, 1.807) is 18.2 Å². The van der Waals surface area contributed by atoms with E-state index in [1.165, 1.54) is 14.0 Å². The van der Waals surface area contributed by atoms with Crippen LogP contribution in [0, 0.1) is 6.92 Å². The number of benzene rings is 2. The van der Waals surface area contributed by atoms with Crippen LogP contribution in [0.15, 0.2) is 52.9 Å². The minimum Gasteiger partial charge on any atom is -0.449 e. The number of amides is 1. The predicted molar refractivity (Wildman–Crippen MR) is 102 cm³/mol. The maximum atomic E-state index is 12.6. The molecular weight excluding hydrogens is 346 g/mol. The molecule has 0 spiro atoms. The summed E-state index contributed by atoms with van der Waals surface area (Å²) >= 11 is 0. The molecule has 2 aromatic carbocycles. The quantitative estimate of drug-likeness (QED) is 0.665. The van der Waals surface area contributed by atoms with Crippen LogP contribution >= 0.6 is 0 Å². The zero-order valence-electron chi connectivity index (χ0n) is 15.4. The van der Waals surface area contributed by atoms with Crippen LogP contribution in [-0.2, 0) is 20.9 Å². The van der Waals surface area contributed by atoms with Crippen molar-refractivity contribution in [3.8, 4) is 0 Å². The fraction of sp³-hybridized carbons (Fsp3) is 0.238. The number of nitrogens with one attached hydrogen (secondary N) is 1. The molecule has 0 unspecified atom stereocenters. The maximum absolute atomic E-state index is 12.6. The highest BCUT2D eigenvalue weighted by molar-refractivity contribution is 5.99. The Morgan fingerprint density at radius 2 is 1.81 bits per heavy atom. The van der Waals surface area contributed by atoms with Gasteiger partial charge in [0.25, 0.3) is 5.91 Å². The SMILES string of the molecule is COCc1c(C(=O)O[C@@H](C)C(=O)Nc2ccc(C)cc2)oc2ccccc12. The van der Waals surface area contributed by atoms with Crippen LogP contribution in [0.25, 0.3) is 11.0 Å². The second-order valence-corrected chi connectivity index (χ2v) is 6.24. The number of carbonyl (C=O) groups excluding carboxylic acids is 2. The molecule has 1 atom stereocenters. The molecule has 6 heteroatoms. The molecule has 1 N–H and O–H groups in total. The van der Waals surface area contributed by atoms with E-state index in [2.05, 4.69) is 5.32 Å². The van der Waals surface area contributed by atoms with Crippen molar-refractivity contribution in [2.75, 3.05) is 12.4 Å². The highest BCUT2D eigenvalue weighted by atomic mass is 16.6. The zero-order chi connectivity index (χ0) is 19.4. The van der Waals surface area contributed by atoms with E-state index in [4.69, 9.17) is 13.9 Å². The number of fused-ring (bicyclic) bond motifs is 1. The van der Waals surface area contributed by atoms with E-state index in [0.29, 0.717) is 16.8 Å². The molecule has 3 rings (SSSR count). The summed E-state index contributed by atoms with van der Waals surface area (Å²) in [5.41, 5.74) is 2.89. The number of furan rings is 1. The molecule has 0 bridgehead atoms. The average molecular weight is 367 g/mol. The van der Waals surface area contributed by atoms with E-state index in [9.17, 15) is 9.59 Å². The van der Waals surface area contributed by atoms with Gasteiger partial charge >= 0.3 is 5.97 Å². The van der Waals surface area contributed by atoms with Crippen molar-refractivity contribution >= 4 is 28.5 Å². The van der Waals surface area contributed by atoms with Gasteiger partial charge in [0.1, 0.15) is 5.58 Å². The Morgan fingerprint density at radius 3 is 2.52 bits per heavy atom. The lowest BCUT2D eigenvalue weighted by Gasteiger charge is -2.13. The van der Waals surface area contributed by atoms with Gasteiger partial charge in [0.05, 0.1) is 6.61 Å². The first kappa shape index (κ1) is 18.7. The van der Waals surface area contributed by atoms with Gasteiger partial charge in [-0.25, -0.2) is 4.79 Å². The summed E-state index contributed by atoms with van der Waals surface area (Å²) in [7, 11) is 1.54. The van der Waals surface area contributed by atoms with Gasteiger partial charge in [-0.15, -0.1) is 0 Å². The van der Waals surface area contributed by atoms with Gasteiger partial charge in [-0.3, -0.25) is 4.79 Å². The van der Waals surface area contributed by atoms with E-state index in [0.717, 1.165) is 10.9 Å². The Kier molecular flexibility index (Phi) is 5.57. The van der Waals surface area contributed by atoms with E-state index < -0.39 is 18.0 Å². The van der Waals surface area contributed by atoms with Crippen molar-refractivity contribution in [2.24, 2.45) is 0 Å². The molecule has 6 nitrogen and oxygen atoms in total. The number of aryl methyl sites for hydroxylation is 1. The zero-order valence-corrected chi connectivity index (χ0v) is 15.4. The van der Waals surface area contributed by atoms with Crippen LogP contribution in [0.3, 0.4) is 0 Å². The maximum Gasteiger partial charge on any atom is 0.375 e. The summed E-state index contributed by atoms with van der Waals surface area (Å²) in [4.78, 5) is 24.9. The Balaban J connectivity index is 1.74. The number of hydrogen-bond donors (Lipinski definition) is 1. The molecule has 0 aliphatic rings. The lowest BCUT2D eigenvalue weighted by atomic mass is 10.1. The largest absolute Gasteiger partial charge is 0.449 e. The Morgan fingerprint density at radius 1 is 1.11 bits per heavy atom. The lowest BCUT2D eigenvalue weighted by molar-refractivity contribution is -0.123. The fourth-order valence-corrected chi connectivity index (χ4v) is 2.70. The first-order valence-electron chi connectivity index (χ1n) is 8.57. The fourth-order valence-electron chi connectivity index (χ4n) is 2.70. The van der Waals surface area contributed by atoms with Crippen LogP contribution in [0.4, 0.5) is 5.69 Å². The molecule has 1 heterocycles. The number of para-hydroxylation sites is 1. The minimum atomic E-state index is -0.984. The normalized spacial score (nSPS) is 12.0. The van der Waals surface area contributed by atoms with Gasteiger partial charge in [-0.05, 0) is 32.0 Å². The number of carbonyl (C=O) groups is 2. The van der Waals surface area contributed by atoms with Crippen molar-refractivity contribution in [1.29, 1.82) is 0 Å². The standard InChI is InChI=1S/C21H21NO5/c1-13-8-10-15(11-9-13)22-20(23)14(2)26-21(24)19-17(12-25-3)16-6-4-5-7-18(16)27-19/h4-11,14H,12H2,1-3H3,(H,22,23)/t14-/m0/s1. The number of ether oxygens (including phenoxy) is 2. The molecule has 0 saturated carbocycles. The molecule has 140 valence electrons. The predicted octanol–water partition coefficient (Wildman–Crippen LogP) is 4.07. The molecule has 0 aliphatic heterocycles. The molecule has 0 saturated heterocycles. The number of methoxy groups -OCH3 is 1. The Bertz CT molecular complexity index is 958. The van der Waals surface area contributed by atoms with Crippen molar-refractivity contribution in [1.82, 2.24) is 0 Å². The first-order chi connectivity index (χ1) is 13.0. The van der Waals surface area contributed by atoms with Gasteiger partial charge in [0.2, 0.25) is 5.76 Å². The Hall–Kier alpha value is -3.12. The van der Waals surface area contributed by atoms with E-state index in [1.807, 2.05) is 37.3 Å². The molecule has 0 fully saturated rings. The summed E-state index contributed by atoms with van der Waals surface area (Å²) < 4.78 is 16.1. The average Bonchev–Trinajstić information content (AvgIpc) is 3.03. The van der Waals surface area contributed by atoms with Gasteiger partial charge in [0, 0.05) is 23.7 Å². The summed E-state index contributed by atoms with van der Waals surface area (Å²) in [5, 5.41) is 3.50. The minimum absolute atomic E-state index is 0.0491. The highest BCUT2D eigenvalue weighted by Crippen LogP contribution is 2.27. The van der Waals surface area contributed by atoms with Crippen LogP contribution < -0.4 is 5.32 Å². The molecule has 3 aromatic rings. The van der Waals surface area contributed by atoms with Crippen LogP contribution in [0.5, 0.6) is 0 Å². The van der Waals surface area contributed by atoms with Crippen LogP contribution in [0.2, 0.25) is 0 Å². The molecule has 0 radical (unpaired) electrons. The molecule has 1 aromatic heterocycles. The first-order valence-corrected chi connectivity index (χ1v) is 8.57. The van der Waals surface area contributed by atoms with Gasteiger partial charge in [0.15, 0.2) is 6.10 Å². The lowest BCUT2D eigenvalue weighted by Crippen LogP contribution is -2.30. The van der Waals surface area contributed by atoms with Crippen molar-refractivity contribution in [3.63, 3.8) is 0 Å². The molecule has 1 amide bonds. The van der Waals surface area contributed by atoms with Gasteiger partial charge in [-0.1, -0.05) is 35.9 Å². The van der Waals surface area contributed by atoms with Crippen molar-refractivity contribution in [2.45, 2.75) is 26.6 Å². The molecule has 27 heavy (non-hydrogen) atoms. The number of esters is 1. The van der Waals surface area contributed by atoms with Crippen molar-refractivity contribution in [3.05, 3.63) is 65.4 Å². The van der Waals surface area contributed by atoms with Gasteiger partial charge in [-0.2, -0.15) is 0 Å². The summed E-state index contributed by atoms with van der Waals surface area (Å²) in [6.45, 7) is 3.67. The second kappa shape index (κ2) is 8.05. The van der Waals surface area contributed by atoms with E-state index in [-0.39, 0.29) is 12.4 Å².